The van der Waals surface area contributed by atoms with Gasteiger partial charge in [-0.15, -0.1) is 0 Å². The van der Waals surface area contributed by atoms with E-state index in [1.165, 1.54) is 6.92 Å². The minimum atomic E-state index is 0.0235. The maximum absolute atomic E-state index is 11.1. The predicted octanol–water partition coefficient (Wildman–Crippen LogP) is 2.42. The Balaban J connectivity index is 2.76. The van der Waals surface area contributed by atoms with Gasteiger partial charge >= 0.3 is 0 Å². The number of halogens is 1. The number of hydrogen-bond donors (Lipinski definition) is 1. The van der Waals surface area contributed by atoms with Crippen LogP contribution in [-0.4, -0.2) is 15.8 Å². The summed E-state index contributed by atoms with van der Waals surface area (Å²) >= 11 is 5.69. The van der Waals surface area contributed by atoms with Crippen molar-refractivity contribution in [1.82, 2.24) is 9.97 Å². The summed E-state index contributed by atoms with van der Waals surface area (Å²) in [5, 5.41) is 1.24. The Morgan fingerprint density at radius 1 is 1.62 bits per heavy atom. The van der Waals surface area contributed by atoms with Crippen LogP contribution < -0.4 is 0 Å². The van der Waals surface area contributed by atoms with Crippen LogP contribution in [0.1, 0.15) is 17.3 Å². The fourth-order valence-corrected chi connectivity index (χ4v) is 1.44. The molecule has 0 spiro atoms. The lowest BCUT2D eigenvalue weighted by molar-refractivity contribution is 0.101. The normalized spacial score (nSPS) is 10.6. The minimum Gasteiger partial charge on any atom is -0.360 e. The Kier molecular flexibility index (Phi) is 1.81. The molecule has 2 aromatic rings. The fraction of sp³-hybridized carbons (Fsp3) is 0.111. The van der Waals surface area contributed by atoms with E-state index in [9.17, 15) is 4.79 Å². The molecule has 1 N–H and O–H groups in total. The summed E-state index contributed by atoms with van der Waals surface area (Å²) in [7, 11) is 0. The summed E-state index contributed by atoms with van der Waals surface area (Å²) < 4.78 is 0. The van der Waals surface area contributed by atoms with Crippen molar-refractivity contribution in [2.75, 3.05) is 0 Å². The van der Waals surface area contributed by atoms with E-state index in [-0.39, 0.29) is 5.78 Å². The van der Waals surface area contributed by atoms with Gasteiger partial charge in [-0.25, -0.2) is 4.98 Å². The third-order valence-electron chi connectivity index (χ3n) is 1.91. The molecule has 4 heteroatoms. The lowest BCUT2D eigenvalue weighted by Crippen LogP contribution is -1.88. The Bertz CT molecular complexity index is 475. The molecule has 0 aliphatic rings. The molecule has 2 heterocycles. The van der Waals surface area contributed by atoms with Gasteiger partial charge in [0.05, 0.1) is 5.52 Å². The van der Waals surface area contributed by atoms with Crippen LogP contribution in [0.2, 0.25) is 5.15 Å². The highest BCUT2D eigenvalue weighted by Gasteiger charge is 2.07. The van der Waals surface area contributed by atoms with Crippen LogP contribution in [0.25, 0.3) is 10.9 Å². The minimum absolute atomic E-state index is 0.0235. The number of aromatic amines is 1. The van der Waals surface area contributed by atoms with E-state index in [4.69, 9.17) is 11.6 Å². The molecule has 0 radical (unpaired) electrons. The number of ketones is 1. The van der Waals surface area contributed by atoms with Crippen LogP contribution in [-0.2, 0) is 0 Å². The molecule has 66 valence electrons. The monoisotopic (exact) mass is 194 g/mol. The van der Waals surface area contributed by atoms with E-state index in [0.29, 0.717) is 10.7 Å². The Morgan fingerprint density at radius 2 is 2.38 bits per heavy atom. The fourth-order valence-electron chi connectivity index (χ4n) is 1.28. The van der Waals surface area contributed by atoms with Gasteiger partial charge in [0.1, 0.15) is 5.15 Å². The average molecular weight is 195 g/mol. The van der Waals surface area contributed by atoms with Gasteiger partial charge in [-0.2, -0.15) is 0 Å². The number of pyridine rings is 1. The number of carbonyl (C=O) groups is 1. The van der Waals surface area contributed by atoms with E-state index in [0.717, 1.165) is 10.9 Å². The van der Waals surface area contributed by atoms with Gasteiger partial charge in [-0.05, 0) is 13.0 Å². The van der Waals surface area contributed by atoms with Crippen LogP contribution in [0, 0.1) is 0 Å². The molecule has 2 rings (SSSR count). The van der Waals surface area contributed by atoms with E-state index in [2.05, 4.69) is 9.97 Å². The third kappa shape index (κ3) is 1.31. The first-order valence-electron chi connectivity index (χ1n) is 3.82. The topological polar surface area (TPSA) is 45.8 Å². The van der Waals surface area contributed by atoms with Gasteiger partial charge in [-0.3, -0.25) is 4.79 Å². The van der Waals surface area contributed by atoms with Crippen LogP contribution in [0.4, 0.5) is 0 Å². The van der Waals surface area contributed by atoms with Crippen molar-refractivity contribution in [2.24, 2.45) is 0 Å². The smallest absolute Gasteiger partial charge is 0.162 e. The molecule has 0 amide bonds. The number of aromatic nitrogens is 2. The predicted molar refractivity (Wildman–Crippen MR) is 51.1 cm³/mol. The second-order valence-electron chi connectivity index (χ2n) is 2.81. The lowest BCUT2D eigenvalue weighted by atomic mass is 10.2. The molecule has 0 bridgehead atoms. The van der Waals surface area contributed by atoms with Gasteiger partial charge in [0, 0.05) is 23.3 Å². The zero-order chi connectivity index (χ0) is 9.42. The second-order valence-corrected chi connectivity index (χ2v) is 3.20. The van der Waals surface area contributed by atoms with Gasteiger partial charge in [0.25, 0.3) is 0 Å². The van der Waals surface area contributed by atoms with Gasteiger partial charge < -0.3 is 4.98 Å². The van der Waals surface area contributed by atoms with Crippen molar-refractivity contribution in [3.63, 3.8) is 0 Å². The van der Waals surface area contributed by atoms with Crippen molar-refractivity contribution >= 4 is 28.3 Å². The Morgan fingerprint density at radius 3 is 3.08 bits per heavy atom. The Hall–Kier alpha value is -1.35. The molecule has 0 aromatic carbocycles. The van der Waals surface area contributed by atoms with Crippen molar-refractivity contribution < 1.29 is 4.79 Å². The molecule has 0 aliphatic carbocycles. The number of H-pyrrole nitrogens is 1. The number of Topliss-reactive ketones (excluding diaryl/α,β-unsaturated/α-hetero) is 1. The van der Waals surface area contributed by atoms with Crippen molar-refractivity contribution in [3.05, 3.63) is 29.2 Å². The number of nitrogens with one attached hydrogen (secondary N) is 1. The van der Waals surface area contributed by atoms with Crippen molar-refractivity contribution in [1.29, 1.82) is 0 Å². The van der Waals surface area contributed by atoms with Crippen molar-refractivity contribution in [3.8, 4) is 0 Å². The molecule has 0 saturated carbocycles. The number of carbonyl (C=O) groups excluding carboxylic acids is 1. The van der Waals surface area contributed by atoms with E-state index < -0.39 is 0 Å². The lowest BCUT2D eigenvalue weighted by Gasteiger charge is -1.92. The molecular formula is C9H7ClN2O. The van der Waals surface area contributed by atoms with Crippen LogP contribution in [0.15, 0.2) is 18.5 Å². The highest BCUT2D eigenvalue weighted by Crippen LogP contribution is 2.19. The molecule has 0 unspecified atom stereocenters. The number of rotatable bonds is 1. The summed E-state index contributed by atoms with van der Waals surface area (Å²) in [5.41, 5.74) is 1.49. The van der Waals surface area contributed by atoms with Crippen molar-refractivity contribution in [2.45, 2.75) is 6.92 Å². The van der Waals surface area contributed by atoms with Crippen LogP contribution in [0.5, 0.6) is 0 Å². The molecule has 0 saturated heterocycles. The number of nitrogens with zero attached hydrogens (tertiary/aromatic N) is 1. The van der Waals surface area contributed by atoms with Gasteiger partial charge in [0.15, 0.2) is 5.78 Å². The molecule has 0 fully saturated rings. The van der Waals surface area contributed by atoms with Gasteiger partial charge in [0.2, 0.25) is 0 Å². The SMILES string of the molecule is CC(=O)c1c[nH]c2cc(Cl)ncc12. The summed E-state index contributed by atoms with van der Waals surface area (Å²) in [6.07, 6.45) is 3.27. The summed E-state index contributed by atoms with van der Waals surface area (Å²) in [5.74, 6) is 0.0235. The maximum atomic E-state index is 11.1. The first-order chi connectivity index (χ1) is 6.18. The Labute approximate surface area is 79.7 Å². The molecule has 0 atom stereocenters. The largest absolute Gasteiger partial charge is 0.360 e. The number of hydrogen-bond acceptors (Lipinski definition) is 2. The second kappa shape index (κ2) is 2.85. The van der Waals surface area contributed by atoms with Gasteiger partial charge in [-0.1, -0.05) is 11.6 Å². The number of fused-ring (bicyclic) bond motifs is 1. The third-order valence-corrected chi connectivity index (χ3v) is 2.12. The molecule has 0 aliphatic heterocycles. The standard InChI is InChI=1S/C9H7ClN2O/c1-5(13)6-3-11-8-2-9(10)12-4-7(6)8/h2-4,11H,1H3. The highest BCUT2D eigenvalue weighted by molar-refractivity contribution is 6.30. The average Bonchev–Trinajstić information content (AvgIpc) is 2.46. The first kappa shape index (κ1) is 8.26. The maximum Gasteiger partial charge on any atom is 0.162 e. The zero-order valence-corrected chi connectivity index (χ0v) is 7.72. The zero-order valence-electron chi connectivity index (χ0n) is 6.97. The molecule has 3 nitrogen and oxygen atoms in total. The van der Waals surface area contributed by atoms with E-state index in [1.807, 2.05) is 0 Å². The summed E-state index contributed by atoms with van der Waals surface area (Å²) in [4.78, 5) is 18.0. The quantitative estimate of drug-likeness (QED) is 0.560. The molecular weight excluding hydrogens is 188 g/mol. The van der Waals surface area contributed by atoms with Crippen LogP contribution >= 0.6 is 11.6 Å². The summed E-state index contributed by atoms with van der Waals surface area (Å²) in [6.45, 7) is 1.53. The van der Waals surface area contributed by atoms with Crippen LogP contribution in [0.3, 0.4) is 0 Å². The molecule has 2 aromatic heterocycles. The first-order valence-corrected chi connectivity index (χ1v) is 4.20. The summed E-state index contributed by atoms with van der Waals surface area (Å²) in [6, 6.07) is 1.70. The van der Waals surface area contributed by atoms with E-state index in [1.54, 1.807) is 18.5 Å². The van der Waals surface area contributed by atoms with E-state index >= 15 is 0 Å². The molecule has 13 heavy (non-hydrogen) atoms. The highest BCUT2D eigenvalue weighted by atomic mass is 35.5.